The summed E-state index contributed by atoms with van der Waals surface area (Å²) in [7, 11) is 0. The van der Waals surface area contributed by atoms with E-state index >= 15 is 0 Å². The predicted octanol–water partition coefficient (Wildman–Crippen LogP) is 1.37. The number of hydrogen-bond donors (Lipinski definition) is 0. The molecule has 26 valence electrons. The Morgan fingerprint density at radius 2 is 2.00 bits per heavy atom. The van der Waals surface area contributed by atoms with Crippen molar-refractivity contribution in [3.63, 3.8) is 0 Å². The van der Waals surface area contributed by atoms with E-state index in [1.54, 1.807) is 0 Å². The van der Waals surface area contributed by atoms with Crippen LogP contribution < -0.4 is 0 Å². The van der Waals surface area contributed by atoms with Gasteiger partial charge in [0.15, 0.2) is 0 Å². The van der Waals surface area contributed by atoms with E-state index in [0.717, 1.165) is 49.0 Å². The van der Waals surface area contributed by atoms with E-state index in [4.69, 9.17) is 0 Å². The van der Waals surface area contributed by atoms with Gasteiger partial charge in [0.1, 0.15) is 0 Å². The van der Waals surface area contributed by atoms with Gasteiger partial charge < -0.3 is 0 Å². The summed E-state index contributed by atoms with van der Waals surface area (Å²) in [6.45, 7) is 4.55. The van der Waals surface area contributed by atoms with Crippen LogP contribution in [-0.4, -0.2) is 49.0 Å². The Hall–Kier alpha value is 1.64. The first-order valence-corrected chi connectivity index (χ1v) is 4.07. The summed E-state index contributed by atoms with van der Waals surface area (Å²) in [5.41, 5.74) is 0. The van der Waals surface area contributed by atoms with Crippen molar-refractivity contribution in [1.29, 1.82) is 0 Å². The first-order valence-electron chi connectivity index (χ1n) is 2.27. The van der Waals surface area contributed by atoms with Crippen LogP contribution in [0.25, 0.3) is 0 Å². The van der Waals surface area contributed by atoms with E-state index in [1.165, 1.54) is 6.42 Å². The van der Waals surface area contributed by atoms with Crippen LogP contribution >= 0.6 is 0 Å². The van der Waals surface area contributed by atoms with Crippen LogP contribution in [0.2, 0.25) is 0.0125 Å². The van der Waals surface area contributed by atoms with Crippen LogP contribution in [0.4, 0.5) is 0 Å². The zero-order chi connectivity index (χ0) is 4.28. The third kappa shape index (κ3) is 5.64. The molecule has 0 bridgehead atoms. The number of rotatable bonds is 1. The molecular weight excluding hydrogens is 87.1 g/mol. The zero-order valence-corrected chi connectivity index (χ0v) is 7.41. The summed E-state index contributed by atoms with van der Waals surface area (Å²) in [5.74, 6) is 0. The van der Waals surface area contributed by atoms with Crippen molar-refractivity contribution in [2.24, 2.45) is 0 Å². The molecule has 1 atom stereocenters. The van der Waals surface area contributed by atoms with Gasteiger partial charge in [-0.25, -0.2) is 0 Å². The van der Waals surface area contributed by atoms with Gasteiger partial charge in [0.25, 0.3) is 0 Å². The Morgan fingerprint density at radius 3 is 2.00 bits per heavy atom. The minimum absolute atomic E-state index is 1.07. The molecule has 0 aromatic heterocycles. The first-order chi connectivity index (χ1) is 2.27. The van der Waals surface area contributed by atoms with Crippen LogP contribution in [0.1, 0.15) is 20.3 Å². The van der Waals surface area contributed by atoms with Crippen LogP contribution in [-0.2, 0) is 0 Å². The molecule has 0 spiro atoms. The molecule has 0 N–H and O–H groups in total. The van der Waals surface area contributed by atoms with Crippen molar-refractivity contribution < 1.29 is 0 Å². The van der Waals surface area contributed by atoms with Gasteiger partial charge in [0, 0.05) is 0 Å². The molecule has 0 rings (SSSR count). The summed E-state index contributed by atoms with van der Waals surface area (Å²) >= 11 is 1.07. The first kappa shape index (κ1) is 6.64. The molecule has 0 aliphatic heterocycles. The topological polar surface area (TPSA) is 0 Å². The molecule has 0 aliphatic carbocycles. The van der Waals surface area contributed by atoms with E-state index in [1.807, 2.05) is 0 Å². The van der Waals surface area contributed by atoms with E-state index < -0.39 is 0 Å². The Bertz CT molecular complexity index is 17.6. The molecule has 1 heteroatoms. The SMILES string of the molecule is CC[CH](C)[K]. The second-order valence-electron chi connectivity index (χ2n) is 1.80. The summed E-state index contributed by atoms with van der Waals surface area (Å²) < 4.78 is 1.07. The predicted molar refractivity (Wildman–Crippen MR) is 25.5 cm³/mol. The van der Waals surface area contributed by atoms with Crippen molar-refractivity contribution in [2.75, 3.05) is 0 Å². The number of hydrogen-bond acceptors (Lipinski definition) is 0. The van der Waals surface area contributed by atoms with E-state index in [0.29, 0.717) is 0 Å². The van der Waals surface area contributed by atoms with Crippen LogP contribution in [0.3, 0.4) is 0 Å². The molecule has 0 heterocycles. The maximum atomic E-state index is 2.31. The molecule has 0 saturated carbocycles. The quantitative estimate of drug-likeness (QED) is 0.432. The monoisotopic (exact) mass is 96.0 g/mol. The van der Waals surface area contributed by atoms with Crippen molar-refractivity contribution in [3.8, 4) is 0 Å². The fraction of sp³-hybridized carbons (Fsp3) is 1.00. The molecule has 0 nitrogen and oxygen atoms in total. The van der Waals surface area contributed by atoms with Crippen molar-refractivity contribution in [3.05, 3.63) is 0 Å². The standard InChI is InChI=1S/C4H9.K/c1-3-4-2;/h3H,4H2,1-2H3;. The second-order valence-corrected chi connectivity index (χ2v) is 4.88. The fourth-order valence-electron chi connectivity index (χ4n) is 0. The Kier molecular flexibility index (Phi) is 5.06. The summed E-state index contributed by atoms with van der Waals surface area (Å²) in [6.07, 6.45) is 1.39. The van der Waals surface area contributed by atoms with E-state index in [2.05, 4.69) is 13.8 Å². The molecule has 0 aromatic carbocycles. The van der Waals surface area contributed by atoms with Crippen molar-refractivity contribution in [2.45, 2.75) is 20.3 Å². The summed E-state index contributed by atoms with van der Waals surface area (Å²) in [6, 6.07) is 0. The van der Waals surface area contributed by atoms with Gasteiger partial charge in [-0.15, -0.1) is 0 Å². The van der Waals surface area contributed by atoms with Gasteiger partial charge in [0.2, 0.25) is 0 Å². The van der Waals surface area contributed by atoms with Gasteiger partial charge in [-0.3, -0.25) is 0 Å². The van der Waals surface area contributed by atoms with Gasteiger partial charge in [-0.1, -0.05) is 0 Å². The molecule has 1 unspecified atom stereocenters. The average molecular weight is 96.2 g/mol. The average Bonchev–Trinajstić information content (AvgIpc) is 1.38. The van der Waals surface area contributed by atoms with Gasteiger partial charge in [-0.05, 0) is 0 Å². The Balaban J connectivity index is 2.54. The Morgan fingerprint density at radius 1 is 1.80 bits per heavy atom. The van der Waals surface area contributed by atoms with Gasteiger partial charge in [-0.2, -0.15) is 0 Å². The molecule has 0 saturated heterocycles. The van der Waals surface area contributed by atoms with Crippen LogP contribution in [0.5, 0.6) is 0 Å². The molecular formula is C4H9K. The molecule has 5 heavy (non-hydrogen) atoms. The maximum absolute atomic E-state index is 2.31. The van der Waals surface area contributed by atoms with Crippen LogP contribution in [0, 0.1) is 0 Å². The van der Waals surface area contributed by atoms with Gasteiger partial charge >= 0.3 is 69.2 Å². The fourth-order valence-corrected chi connectivity index (χ4v) is 0. The summed E-state index contributed by atoms with van der Waals surface area (Å²) in [4.78, 5) is 0. The van der Waals surface area contributed by atoms with Crippen molar-refractivity contribution in [1.82, 2.24) is 0 Å². The molecule has 0 radical (unpaired) electrons. The molecule has 0 fully saturated rings. The molecule has 0 aliphatic rings. The normalized spacial score (nSPS) is 15.2. The van der Waals surface area contributed by atoms with Gasteiger partial charge in [0.05, 0.1) is 0 Å². The van der Waals surface area contributed by atoms with Crippen molar-refractivity contribution >= 4 is 49.0 Å². The summed E-state index contributed by atoms with van der Waals surface area (Å²) in [5, 5.41) is 0. The molecule has 0 amide bonds. The van der Waals surface area contributed by atoms with E-state index in [-0.39, 0.29) is 0 Å². The zero-order valence-electron chi connectivity index (χ0n) is 4.28. The third-order valence-electron chi connectivity index (χ3n) is 0.816. The molecule has 0 aromatic rings. The van der Waals surface area contributed by atoms with Crippen LogP contribution in [0.15, 0.2) is 0 Å². The third-order valence-corrected chi connectivity index (χ3v) is 2.09. The minimum atomic E-state index is 1.07. The Labute approximate surface area is 67.9 Å². The van der Waals surface area contributed by atoms with E-state index in [9.17, 15) is 0 Å². The second kappa shape index (κ2) is 3.81.